The molecule has 0 radical (unpaired) electrons. The van der Waals surface area contributed by atoms with E-state index < -0.39 is 16.1 Å². The molecule has 0 saturated heterocycles. The Balaban J connectivity index is 0.000000116. The van der Waals surface area contributed by atoms with Gasteiger partial charge in [-0.15, -0.1) is 0 Å². The number of pyridine rings is 5. The molecule has 21 rings (SSSR count). The molecule has 132 heavy (non-hydrogen) atoms. The van der Waals surface area contributed by atoms with Crippen molar-refractivity contribution < 1.29 is 22.8 Å². The quantitative estimate of drug-likeness (QED) is 0.0960. The minimum atomic E-state index is -1.29. The van der Waals surface area contributed by atoms with E-state index in [1.54, 1.807) is 0 Å². The molecule has 670 valence electrons. The lowest BCUT2D eigenvalue weighted by molar-refractivity contribution is -0.659. The molecule has 0 spiro atoms. The highest BCUT2D eigenvalue weighted by molar-refractivity contribution is 6.89. The second-order valence-corrected chi connectivity index (χ2v) is 52.5. The van der Waals surface area contributed by atoms with E-state index >= 15 is 0 Å². The molecule has 17 aromatic rings. The highest BCUT2D eigenvalue weighted by atomic mass is 28.3. The molecule has 0 N–H and O–H groups in total. The summed E-state index contributed by atoms with van der Waals surface area (Å²) in [7, 11) is 8.23. The van der Waals surface area contributed by atoms with E-state index in [0.29, 0.717) is 0 Å². The van der Waals surface area contributed by atoms with Crippen LogP contribution >= 0.6 is 0 Å². The molecule has 0 bridgehead atoms. The third kappa shape index (κ3) is 19.1. The van der Waals surface area contributed by atoms with E-state index in [9.17, 15) is 0 Å². The number of nitrogens with zero attached hydrogens (tertiary/aromatic N) is 5. The largest absolute Gasteiger partial charge is 0.220 e. The average molecular weight is 1770 g/mol. The first-order valence-corrected chi connectivity index (χ1v) is 56.4. The summed E-state index contributed by atoms with van der Waals surface area (Å²) in [5, 5.41) is 19.2. The maximum Gasteiger partial charge on any atom is 0.220 e. The normalized spacial score (nSPS) is 14.7. The van der Waals surface area contributed by atoms with Crippen LogP contribution in [-0.2, 0) is 40.7 Å². The molecule has 5 nitrogen and oxygen atoms in total. The van der Waals surface area contributed by atoms with Gasteiger partial charge in [-0.25, -0.2) is 22.8 Å². The molecule has 0 aliphatic heterocycles. The first-order valence-electron chi connectivity index (χ1n) is 49.4. The van der Waals surface area contributed by atoms with Gasteiger partial charge in [-0.1, -0.05) is 290 Å². The van der Waals surface area contributed by atoms with E-state index in [2.05, 4.69) is 446 Å². The molecule has 4 aliphatic carbocycles. The Morgan fingerprint density at radius 2 is 0.591 bits per heavy atom. The first kappa shape index (κ1) is 92.2. The lowest BCUT2D eigenvalue weighted by Crippen LogP contribution is -2.37. The molecule has 3 saturated carbocycles. The van der Waals surface area contributed by atoms with E-state index in [0.717, 1.165) is 17.8 Å². The van der Waals surface area contributed by atoms with Gasteiger partial charge in [-0.05, 0) is 282 Å². The van der Waals surface area contributed by atoms with Gasteiger partial charge in [0.1, 0.15) is 35.2 Å². The summed E-state index contributed by atoms with van der Waals surface area (Å²) in [6.45, 7) is 36.9. The van der Waals surface area contributed by atoms with Crippen molar-refractivity contribution in [2.24, 2.45) is 35.2 Å². The Kier molecular flexibility index (Phi) is 26.9. The van der Waals surface area contributed by atoms with E-state index in [4.69, 9.17) is 0 Å². The third-order valence-corrected chi connectivity index (χ3v) is 34.5. The highest BCUT2D eigenvalue weighted by Gasteiger charge is 2.38. The standard InChI is InChI=1S/C32H34N.C27H28N.C25H30N.C21H26NSi.C20H24NSi/c1-21-18-28-26-12-8-9-13-29(26)32(2,3)30(28)20-27(21)31-25-15-14-23(22-10-6-5-7-11-22)19-24(25)16-17-33(31)4;1-19-16-21-10-6-7-11-22(21)18-26(19)27-25-13-12-23(20-8-4-3-5-9-20)17-24(25)14-15-28(27)2;1-17-14-18(2)19(3)24(15-17)25-23-11-10-21(20-8-6-5-7-9-20)16-22(23)12-13-26(25)4;1-15-7-8-16(2)20(13-15)21-19-10-9-18(23(4,5)6)14-17(19)11-12-22(21)3;1-15-8-6-7-9-18(15)20-19-11-10-17(22(3,4)5)14-16(19)12-13-21(20)2/h8-9,12-20,22H,5-7,10-11H2,1-4H3;6-7,10-18,20H,3-5,8-9H2,1-2H3;10-16,20H,5-9H2,1-4H3;7-14H,1-6H3;6-14H,1-5H3/q5*+1. The molecule has 7 heteroatoms. The van der Waals surface area contributed by atoms with Crippen molar-refractivity contribution in [2.75, 3.05) is 0 Å². The van der Waals surface area contributed by atoms with Crippen molar-refractivity contribution in [3.8, 4) is 67.4 Å². The Labute approximate surface area is 791 Å². The summed E-state index contributed by atoms with van der Waals surface area (Å²) >= 11 is 0. The predicted molar refractivity (Wildman–Crippen MR) is 569 cm³/mol. The van der Waals surface area contributed by atoms with Gasteiger partial charge in [0.15, 0.2) is 31.0 Å². The van der Waals surface area contributed by atoms with Gasteiger partial charge in [0, 0.05) is 46.9 Å². The molecule has 3 fully saturated rings. The van der Waals surface area contributed by atoms with Crippen LogP contribution in [0.3, 0.4) is 0 Å². The third-order valence-electron chi connectivity index (χ3n) is 30.4. The van der Waals surface area contributed by atoms with E-state index in [-0.39, 0.29) is 5.41 Å². The molecule has 5 heterocycles. The van der Waals surface area contributed by atoms with Crippen molar-refractivity contribution in [1.82, 2.24) is 0 Å². The Morgan fingerprint density at radius 3 is 1.03 bits per heavy atom. The van der Waals surface area contributed by atoms with Gasteiger partial charge in [0.05, 0.1) is 59.8 Å². The van der Waals surface area contributed by atoms with Crippen LogP contribution in [-0.4, -0.2) is 16.1 Å². The lowest BCUT2D eigenvalue weighted by Gasteiger charge is -2.23. The van der Waals surface area contributed by atoms with E-state index in [1.165, 1.54) is 311 Å². The monoisotopic (exact) mass is 1770 g/mol. The Hall–Kier alpha value is -11.6. The second-order valence-electron chi connectivity index (χ2n) is 42.3. The molecule has 5 aromatic heterocycles. The van der Waals surface area contributed by atoms with Crippen LogP contribution in [0.2, 0.25) is 39.3 Å². The summed E-state index contributed by atoms with van der Waals surface area (Å²) in [4.78, 5) is 0. The zero-order valence-electron chi connectivity index (χ0n) is 83.1. The maximum atomic E-state index is 2.48. The van der Waals surface area contributed by atoms with Crippen LogP contribution in [0.4, 0.5) is 0 Å². The molecular formula is C125H142N5Si2+5. The SMILES string of the molecule is Cc1cc(C)c(C)c(-c2c3ccc(C4CCCCC4)cc3cc[n+]2C)c1.Cc1cc2c(cc1-c1c3ccc(C4CCCCC4)cc3cc[n+]1C)C(C)(C)c1ccccc1-2.Cc1cc2ccccc2cc1-c1c2ccc(C3CCCCC3)cc2cc[n+]1C.Cc1ccc(C)c(-c2c3ccc([Si](C)(C)C)cc3cc[n+]2C)c1.Cc1ccccc1-c1c2ccc([Si](C)(C)C)cc2cc[n+]1C. The van der Waals surface area contributed by atoms with Crippen LogP contribution in [0.15, 0.2) is 280 Å². The molecule has 0 unspecified atom stereocenters. The van der Waals surface area contributed by atoms with E-state index in [1.807, 2.05) is 0 Å². The van der Waals surface area contributed by atoms with Crippen molar-refractivity contribution >= 4 is 91.2 Å². The Morgan fingerprint density at radius 1 is 0.242 bits per heavy atom. The van der Waals surface area contributed by atoms with Gasteiger partial charge in [0.2, 0.25) is 28.5 Å². The number of hydrogen-bond donors (Lipinski definition) is 0. The van der Waals surface area contributed by atoms with Crippen LogP contribution in [0.1, 0.15) is 200 Å². The number of aryl methyl sites for hydroxylation is 12. The summed E-state index contributed by atoms with van der Waals surface area (Å²) in [5.74, 6) is 2.24. The molecule has 4 aliphatic rings. The van der Waals surface area contributed by atoms with Crippen molar-refractivity contribution in [3.05, 3.63) is 352 Å². The predicted octanol–water partition coefficient (Wildman–Crippen LogP) is 29.8. The Bertz CT molecular complexity index is 7230. The number of rotatable bonds is 10. The number of fused-ring (bicyclic) bond motifs is 9. The minimum Gasteiger partial charge on any atom is -0.200 e. The fraction of sp³-hybridized carbons (Fsp3) is 0.320. The van der Waals surface area contributed by atoms with Crippen molar-refractivity contribution in [3.63, 3.8) is 0 Å². The molecule has 12 aromatic carbocycles. The average Bonchev–Trinajstić information content (AvgIpc) is 1.56. The zero-order chi connectivity index (χ0) is 92.8. The van der Waals surface area contributed by atoms with Crippen molar-refractivity contribution in [1.29, 1.82) is 0 Å². The van der Waals surface area contributed by atoms with Crippen molar-refractivity contribution in [2.45, 2.75) is 228 Å². The van der Waals surface area contributed by atoms with Gasteiger partial charge < -0.3 is 0 Å². The summed E-state index contributed by atoms with van der Waals surface area (Å²) in [6, 6.07) is 94.2. The summed E-state index contributed by atoms with van der Waals surface area (Å²) < 4.78 is 11.4. The number of benzene rings is 12. The fourth-order valence-electron chi connectivity index (χ4n) is 22.4. The minimum absolute atomic E-state index is 0.0195. The maximum absolute atomic E-state index is 2.48. The van der Waals surface area contributed by atoms with Crippen LogP contribution < -0.4 is 33.2 Å². The van der Waals surface area contributed by atoms with Gasteiger partial charge in [0.25, 0.3) is 0 Å². The van der Waals surface area contributed by atoms with Gasteiger partial charge in [-0.3, -0.25) is 0 Å². The van der Waals surface area contributed by atoms with Crippen LogP contribution in [0.25, 0.3) is 132 Å². The molecular weight excluding hydrogens is 1630 g/mol. The molecule has 0 atom stereocenters. The van der Waals surface area contributed by atoms with Crippen LogP contribution in [0, 0.1) is 55.4 Å². The smallest absolute Gasteiger partial charge is 0.200 e. The number of aromatic nitrogens is 5. The van der Waals surface area contributed by atoms with Crippen LogP contribution in [0.5, 0.6) is 0 Å². The first-order chi connectivity index (χ1) is 63.3. The zero-order valence-corrected chi connectivity index (χ0v) is 85.1. The number of hydrogen-bond acceptors (Lipinski definition) is 0. The second kappa shape index (κ2) is 38.5. The fourth-order valence-corrected chi connectivity index (χ4v) is 24.8. The van der Waals surface area contributed by atoms with Gasteiger partial charge >= 0.3 is 0 Å². The lowest BCUT2D eigenvalue weighted by atomic mass is 9.81. The highest BCUT2D eigenvalue weighted by Crippen LogP contribution is 2.51. The molecule has 0 amide bonds. The summed E-state index contributed by atoms with van der Waals surface area (Å²) in [5.41, 5.74) is 34.3. The topological polar surface area (TPSA) is 19.4 Å². The van der Waals surface area contributed by atoms with Gasteiger partial charge in [-0.2, -0.15) is 0 Å². The summed E-state index contributed by atoms with van der Waals surface area (Å²) in [6.07, 6.45) is 31.7.